The highest BCUT2D eigenvalue weighted by atomic mass is 19.1. The van der Waals surface area contributed by atoms with Gasteiger partial charge in [0, 0.05) is 29.9 Å². The molecule has 0 radical (unpaired) electrons. The third-order valence-electron chi connectivity index (χ3n) is 7.88. The molecule has 1 saturated heterocycles. The number of benzene rings is 1. The Kier molecular flexibility index (Phi) is 6.83. The Labute approximate surface area is 230 Å². The predicted molar refractivity (Wildman–Crippen MR) is 148 cm³/mol. The van der Waals surface area contributed by atoms with E-state index in [4.69, 9.17) is 4.74 Å². The second-order valence-electron chi connectivity index (χ2n) is 10.8. The largest absolute Gasteiger partial charge is 0.364 e. The number of fused-ring (bicyclic) bond motifs is 5. The highest BCUT2D eigenvalue weighted by Gasteiger charge is 2.30. The molecule has 208 valence electrons. The van der Waals surface area contributed by atoms with E-state index in [9.17, 15) is 9.90 Å². The third-order valence-corrected chi connectivity index (χ3v) is 7.88. The average molecular weight is 548 g/mol. The zero-order valence-corrected chi connectivity index (χ0v) is 22.7. The van der Waals surface area contributed by atoms with Gasteiger partial charge in [0.15, 0.2) is 17.8 Å². The first-order valence-electron chi connectivity index (χ1n) is 13.7. The molecule has 2 aliphatic heterocycles. The van der Waals surface area contributed by atoms with Crippen LogP contribution in [0.5, 0.6) is 0 Å². The minimum Gasteiger partial charge on any atom is -0.364 e. The van der Waals surface area contributed by atoms with Gasteiger partial charge in [0.25, 0.3) is 0 Å². The predicted octanol–water partition coefficient (Wildman–Crippen LogP) is 5.19. The molecule has 2 bridgehead atoms. The van der Waals surface area contributed by atoms with Crippen molar-refractivity contribution in [2.75, 3.05) is 18.1 Å². The van der Waals surface area contributed by atoms with Gasteiger partial charge in [-0.05, 0) is 62.3 Å². The van der Waals surface area contributed by atoms with Gasteiger partial charge in [0.2, 0.25) is 0 Å². The number of ether oxygens (including phenoxy) is 1. The molecule has 1 N–H and O–H groups in total. The summed E-state index contributed by atoms with van der Waals surface area (Å²) in [4.78, 5) is 29.8. The van der Waals surface area contributed by atoms with Crippen LogP contribution in [0.1, 0.15) is 69.1 Å². The molecule has 0 spiro atoms. The van der Waals surface area contributed by atoms with Gasteiger partial charge in [0.1, 0.15) is 17.3 Å². The first-order valence-corrected chi connectivity index (χ1v) is 13.7. The molecule has 8 nitrogen and oxygen atoms in total. The summed E-state index contributed by atoms with van der Waals surface area (Å²) >= 11 is 0. The summed E-state index contributed by atoms with van der Waals surface area (Å²) < 4.78 is 38.4. The molecular formula is C30H31F2N5O3. The van der Waals surface area contributed by atoms with Crippen molar-refractivity contribution in [3.8, 4) is 16.9 Å². The monoisotopic (exact) mass is 547 g/mol. The number of hydrogen-bond acceptors (Lipinski definition) is 7. The summed E-state index contributed by atoms with van der Waals surface area (Å²) in [5.41, 5.74) is 0.972. The van der Waals surface area contributed by atoms with Crippen LogP contribution in [0, 0.1) is 11.6 Å². The molecule has 0 amide bonds. The summed E-state index contributed by atoms with van der Waals surface area (Å²) in [5.74, 6) is -1.27. The fourth-order valence-electron chi connectivity index (χ4n) is 5.88. The van der Waals surface area contributed by atoms with Crippen LogP contribution in [0.4, 0.5) is 14.6 Å². The zero-order chi connectivity index (χ0) is 28.1. The van der Waals surface area contributed by atoms with Gasteiger partial charge in [-0.15, -0.1) is 0 Å². The quantitative estimate of drug-likeness (QED) is 0.369. The SMILES string of the molecule is CC(C)c1nccc2c1-n1c(=O)nc(N3CCCC[C@@H]3C)c3cc(F)c(nc31)-c1c(F)cccc1C(O)OCC2. The van der Waals surface area contributed by atoms with Crippen molar-refractivity contribution < 1.29 is 18.6 Å². The second-order valence-corrected chi connectivity index (χ2v) is 10.8. The molecule has 10 heteroatoms. The van der Waals surface area contributed by atoms with Gasteiger partial charge in [0.05, 0.1) is 23.4 Å². The normalized spacial score (nSPS) is 19.3. The maximum atomic E-state index is 16.0. The minimum atomic E-state index is -1.51. The first-order chi connectivity index (χ1) is 19.3. The van der Waals surface area contributed by atoms with E-state index < -0.39 is 23.6 Å². The van der Waals surface area contributed by atoms with Crippen LogP contribution in [0.2, 0.25) is 0 Å². The van der Waals surface area contributed by atoms with Crippen molar-refractivity contribution in [2.45, 2.75) is 64.7 Å². The lowest BCUT2D eigenvalue weighted by Gasteiger charge is -2.35. The van der Waals surface area contributed by atoms with Gasteiger partial charge in [-0.2, -0.15) is 4.98 Å². The van der Waals surface area contributed by atoms with Crippen molar-refractivity contribution in [1.82, 2.24) is 19.5 Å². The van der Waals surface area contributed by atoms with Crippen molar-refractivity contribution in [3.63, 3.8) is 0 Å². The Morgan fingerprint density at radius 1 is 1.12 bits per heavy atom. The number of pyridine rings is 2. The van der Waals surface area contributed by atoms with Crippen LogP contribution in [0.15, 0.2) is 41.3 Å². The van der Waals surface area contributed by atoms with Gasteiger partial charge in [-0.3, -0.25) is 4.98 Å². The Hall–Kier alpha value is -3.76. The maximum absolute atomic E-state index is 16.0. The van der Waals surface area contributed by atoms with Crippen molar-refractivity contribution in [1.29, 1.82) is 0 Å². The fourth-order valence-corrected chi connectivity index (χ4v) is 5.88. The van der Waals surface area contributed by atoms with Crippen LogP contribution >= 0.6 is 0 Å². The lowest BCUT2D eigenvalue weighted by Crippen LogP contribution is -2.40. The molecule has 5 heterocycles. The number of aliphatic hydroxyl groups excluding tert-OH is 1. The van der Waals surface area contributed by atoms with Crippen molar-refractivity contribution in [3.05, 3.63) is 75.5 Å². The highest BCUT2D eigenvalue weighted by Crippen LogP contribution is 2.37. The van der Waals surface area contributed by atoms with E-state index in [1.165, 1.54) is 28.8 Å². The molecule has 2 aliphatic rings. The van der Waals surface area contributed by atoms with Crippen LogP contribution in [-0.2, 0) is 11.2 Å². The van der Waals surface area contributed by atoms with Crippen LogP contribution < -0.4 is 10.6 Å². The van der Waals surface area contributed by atoms with Gasteiger partial charge in [-0.1, -0.05) is 26.0 Å². The Bertz CT molecular complexity index is 1670. The fraction of sp³-hybridized carbons (Fsp3) is 0.400. The third kappa shape index (κ3) is 4.35. The Morgan fingerprint density at radius 2 is 1.95 bits per heavy atom. The number of aromatic nitrogens is 4. The zero-order valence-electron chi connectivity index (χ0n) is 22.7. The molecule has 2 atom stereocenters. The molecule has 1 fully saturated rings. The summed E-state index contributed by atoms with van der Waals surface area (Å²) in [6, 6.07) is 7.25. The Balaban J connectivity index is 1.78. The van der Waals surface area contributed by atoms with Crippen LogP contribution in [0.3, 0.4) is 0 Å². The number of rotatable bonds is 2. The van der Waals surface area contributed by atoms with Gasteiger partial charge >= 0.3 is 5.69 Å². The van der Waals surface area contributed by atoms with Gasteiger partial charge in [-0.25, -0.2) is 23.1 Å². The number of aliphatic hydroxyl groups is 1. The maximum Gasteiger partial charge on any atom is 0.355 e. The minimum absolute atomic E-state index is 0.0528. The van der Waals surface area contributed by atoms with E-state index >= 15 is 8.78 Å². The molecular weight excluding hydrogens is 516 g/mol. The van der Waals surface area contributed by atoms with E-state index in [0.717, 1.165) is 24.8 Å². The van der Waals surface area contributed by atoms with E-state index in [2.05, 4.69) is 21.9 Å². The molecule has 3 aromatic heterocycles. The highest BCUT2D eigenvalue weighted by molar-refractivity contribution is 5.90. The van der Waals surface area contributed by atoms with Crippen molar-refractivity contribution >= 4 is 16.9 Å². The molecule has 0 aliphatic carbocycles. The lowest BCUT2D eigenvalue weighted by atomic mass is 10.00. The van der Waals surface area contributed by atoms with E-state index in [0.29, 0.717) is 35.6 Å². The molecule has 4 aromatic rings. The first kappa shape index (κ1) is 26.5. The van der Waals surface area contributed by atoms with Crippen molar-refractivity contribution in [2.24, 2.45) is 0 Å². The molecule has 6 rings (SSSR count). The van der Waals surface area contributed by atoms with E-state index in [1.807, 2.05) is 18.7 Å². The summed E-state index contributed by atoms with van der Waals surface area (Å²) in [7, 11) is 0. The molecule has 1 unspecified atom stereocenters. The summed E-state index contributed by atoms with van der Waals surface area (Å²) in [6.45, 7) is 6.73. The summed E-state index contributed by atoms with van der Waals surface area (Å²) in [6.07, 6.45) is 3.38. The number of halogens is 2. The van der Waals surface area contributed by atoms with Gasteiger partial charge < -0.3 is 14.7 Å². The van der Waals surface area contributed by atoms with E-state index in [-0.39, 0.29) is 41.0 Å². The standard InChI is InChI=1S/C30H31F2N5O3/c1-16(2)24-26-18(10-12-33-24)11-14-40-29(38)19-8-6-9-21(31)23(19)25-22(32)15-20-27(36-13-5-4-7-17(36)3)35-30(39)37(26)28(20)34-25/h6,8-10,12,15-17,29,38H,4-5,7,11,13-14H2,1-3H3/t17-,29?/m0/s1. The topological polar surface area (TPSA) is 93.4 Å². The lowest BCUT2D eigenvalue weighted by molar-refractivity contribution is -0.101. The smallest absolute Gasteiger partial charge is 0.355 e. The number of nitrogens with zero attached hydrogens (tertiary/aromatic N) is 5. The summed E-state index contributed by atoms with van der Waals surface area (Å²) in [5, 5.41) is 11.2. The molecule has 1 aromatic carbocycles. The Morgan fingerprint density at radius 3 is 2.73 bits per heavy atom. The molecule has 40 heavy (non-hydrogen) atoms. The van der Waals surface area contributed by atoms with Crippen LogP contribution in [-0.4, -0.2) is 43.8 Å². The number of hydrogen-bond donors (Lipinski definition) is 1. The number of piperidine rings is 1. The van der Waals surface area contributed by atoms with Crippen LogP contribution in [0.25, 0.3) is 28.0 Å². The van der Waals surface area contributed by atoms with E-state index in [1.54, 1.807) is 12.3 Å². The second kappa shape index (κ2) is 10.3. The molecule has 0 saturated carbocycles. The number of anilines is 1. The average Bonchev–Trinajstić information content (AvgIpc) is 2.92.